The average Bonchev–Trinajstić information content (AvgIpc) is 2.18. The van der Waals surface area contributed by atoms with Gasteiger partial charge in [0.15, 0.2) is 0 Å². The van der Waals surface area contributed by atoms with Gasteiger partial charge in [0, 0.05) is 12.3 Å². The maximum absolute atomic E-state index is 10.3. The molecule has 0 aliphatic carbocycles. The minimum absolute atomic E-state index is 0.250. The van der Waals surface area contributed by atoms with E-state index < -0.39 is 0 Å². The summed E-state index contributed by atoms with van der Waals surface area (Å²) in [6, 6.07) is 4.60. The van der Waals surface area contributed by atoms with Gasteiger partial charge in [0.2, 0.25) is 0 Å². The van der Waals surface area contributed by atoms with Crippen molar-refractivity contribution in [3.05, 3.63) is 34.7 Å². The van der Waals surface area contributed by atoms with E-state index in [2.05, 4.69) is 10.2 Å². The Kier molecular flexibility index (Phi) is 5.32. The first-order chi connectivity index (χ1) is 5.31. The number of rotatable bonds is 0. The fourth-order valence-electron chi connectivity index (χ4n) is 0.350. The summed E-state index contributed by atoms with van der Waals surface area (Å²) in [5.74, 6) is 0. The molecule has 0 aliphatic rings. The Bertz CT molecular complexity index is 242. The van der Waals surface area contributed by atoms with Crippen molar-refractivity contribution < 1.29 is 9.90 Å². The normalized spacial score (nSPS) is 7.27. The van der Waals surface area contributed by atoms with Crippen molar-refractivity contribution in [1.82, 2.24) is 10.2 Å². The first-order valence-corrected chi connectivity index (χ1v) is 2.67. The van der Waals surface area contributed by atoms with Gasteiger partial charge in [-0.1, -0.05) is 6.07 Å². The minimum atomic E-state index is -0.310. The summed E-state index contributed by atoms with van der Waals surface area (Å²) in [5.41, 5.74) is -0.310. The Balaban J connectivity index is 0.000000292. The van der Waals surface area contributed by atoms with Crippen LogP contribution in [0.3, 0.4) is 0 Å². The van der Waals surface area contributed by atoms with E-state index in [4.69, 9.17) is 9.90 Å². The summed E-state index contributed by atoms with van der Waals surface area (Å²) in [7, 11) is 0. The van der Waals surface area contributed by atoms with Crippen LogP contribution in [0.5, 0.6) is 0 Å². The molecule has 11 heavy (non-hydrogen) atoms. The molecule has 0 saturated heterocycles. The summed E-state index contributed by atoms with van der Waals surface area (Å²) in [6.07, 6.45) is 1.46. The second kappa shape index (κ2) is 6.34. The van der Waals surface area contributed by atoms with Crippen molar-refractivity contribution in [3.63, 3.8) is 0 Å². The molecule has 0 spiro atoms. The van der Waals surface area contributed by atoms with E-state index in [9.17, 15) is 4.79 Å². The Morgan fingerprint density at radius 3 is 2.73 bits per heavy atom. The van der Waals surface area contributed by atoms with Gasteiger partial charge in [-0.05, 0) is 6.07 Å². The smallest absolute Gasteiger partial charge is 0.290 e. The molecule has 0 bridgehead atoms. The molecule has 1 N–H and O–H groups in total. The van der Waals surface area contributed by atoms with Gasteiger partial charge in [-0.15, -0.1) is 5.10 Å². The topological polar surface area (TPSA) is 80.1 Å². The predicted octanol–water partition coefficient (Wildman–Crippen LogP) is -0.462. The number of hydrogen-bond acceptors (Lipinski definition) is 4. The summed E-state index contributed by atoms with van der Waals surface area (Å²) in [4.78, 5) is 18.7. The van der Waals surface area contributed by atoms with Gasteiger partial charge in [0.25, 0.3) is 12.0 Å². The molecule has 58 valence electrons. The third-order valence-corrected chi connectivity index (χ3v) is 0.659. The van der Waals surface area contributed by atoms with Crippen LogP contribution in [-0.4, -0.2) is 21.8 Å². The Labute approximate surface area is 62.3 Å². The molecule has 0 amide bonds. The highest BCUT2D eigenvalue weighted by Gasteiger charge is 1.72. The first kappa shape index (κ1) is 9.22. The highest BCUT2D eigenvalue weighted by atomic mass is 16.3. The minimum Gasteiger partial charge on any atom is -0.483 e. The van der Waals surface area contributed by atoms with E-state index >= 15 is 0 Å². The van der Waals surface area contributed by atoms with Crippen molar-refractivity contribution >= 4 is 6.47 Å². The van der Waals surface area contributed by atoms with Gasteiger partial charge in [0.1, 0.15) is 0 Å². The molecular formula is C6H6N2O3. The molecule has 0 atom stereocenters. The van der Waals surface area contributed by atoms with Crippen LogP contribution in [0.1, 0.15) is 0 Å². The summed E-state index contributed by atoms with van der Waals surface area (Å²) in [5, 5.41) is 13.5. The highest BCUT2D eigenvalue weighted by Crippen LogP contribution is 1.65. The molecule has 0 saturated carbocycles. The second-order valence-electron chi connectivity index (χ2n) is 1.36. The summed E-state index contributed by atoms with van der Waals surface area (Å²) in [6.45, 7) is -0.250. The second-order valence-corrected chi connectivity index (χ2v) is 1.36. The molecular weight excluding hydrogens is 148 g/mol. The lowest BCUT2D eigenvalue weighted by Crippen LogP contribution is -1.98. The van der Waals surface area contributed by atoms with Gasteiger partial charge < -0.3 is 5.11 Å². The van der Waals surface area contributed by atoms with Gasteiger partial charge in [-0.25, -0.2) is 0 Å². The largest absolute Gasteiger partial charge is 0.483 e. The van der Waals surface area contributed by atoms with Crippen LogP contribution >= 0.6 is 0 Å². The predicted molar refractivity (Wildman–Crippen MR) is 37.0 cm³/mol. The van der Waals surface area contributed by atoms with Gasteiger partial charge in [-0.2, -0.15) is 5.10 Å². The number of aromatic nitrogens is 2. The van der Waals surface area contributed by atoms with E-state index in [1.54, 1.807) is 12.1 Å². The summed E-state index contributed by atoms with van der Waals surface area (Å²) >= 11 is 0. The van der Waals surface area contributed by atoms with Crippen LogP contribution in [0.25, 0.3) is 0 Å². The standard InChI is InChI=1S/C5H4N2O.CH2O2/c8-5-3-1-2-4-6-7-5;2-1-3/h1-4H;1H,(H,2,3). The quantitative estimate of drug-likeness (QED) is 0.511. The average molecular weight is 154 g/mol. The molecule has 0 aromatic carbocycles. The number of carboxylic acid groups (broad SMARTS) is 1. The van der Waals surface area contributed by atoms with Crippen LogP contribution in [0.15, 0.2) is 29.2 Å². The van der Waals surface area contributed by atoms with Crippen LogP contribution < -0.4 is 5.56 Å². The maximum atomic E-state index is 10.3. The van der Waals surface area contributed by atoms with E-state index in [1.807, 2.05) is 0 Å². The SMILES string of the molecule is O=CO.O=c1ccccnn1. The van der Waals surface area contributed by atoms with E-state index in [1.165, 1.54) is 12.3 Å². The molecule has 0 radical (unpaired) electrons. The van der Waals surface area contributed by atoms with E-state index in [0.29, 0.717) is 0 Å². The maximum Gasteiger partial charge on any atom is 0.290 e. The van der Waals surface area contributed by atoms with E-state index in [0.717, 1.165) is 0 Å². The van der Waals surface area contributed by atoms with Crippen LogP contribution in [0.2, 0.25) is 0 Å². The highest BCUT2D eigenvalue weighted by molar-refractivity contribution is 5.32. The van der Waals surface area contributed by atoms with Crippen LogP contribution in [-0.2, 0) is 4.79 Å². The molecule has 0 unspecified atom stereocenters. The summed E-state index contributed by atoms with van der Waals surface area (Å²) < 4.78 is 0. The van der Waals surface area contributed by atoms with E-state index in [-0.39, 0.29) is 12.0 Å². The molecule has 1 aromatic heterocycles. The fraction of sp³-hybridized carbons (Fsp3) is 0. The Hall–Kier alpha value is -1.78. The molecule has 0 fully saturated rings. The molecule has 1 heterocycles. The molecule has 1 rings (SSSR count). The lowest BCUT2D eigenvalue weighted by Gasteiger charge is -1.56. The van der Waals surface area contributed by atoms with Gasteiger partial charge in [0.05, 0.1) is 0 Å². The van der Waals surface area contributed by atoms with Gasteiger partial charge >= 0.3 is 0 Å². The monoisotopic (exact) mass is 154 g/mol. The first-order valence-electron chi connectivity index (χ1n) is 2.67. The number of hydrogen-bond donors (Lipinski definition) is 1. The zero-order valence-corrected chi connectivity index (χ0v) is 5.54. The fourth-order valence-corrected chi connectivity index (χ4v) is 0.350. The number of carbonyl (C=O) groups is 1. The third-order valence-electron chi connectivity index (χ3n) is 0.659. The van der Waals surface area contributed by atoms with Crippen molar-refractivity contribution in [1.29, 1.82) is 0 Å². The van der Waals surface area contributed by atoms with Crippen LogP contribution in [0.4, 0.5) is 0 Å². The zero-order chi connectivity index (χ0) is 8.53. The van der Waals surface area contributed by atoms with Crippen molar-refractivity contribution in [2.24, 2.45) is 0 Å². The van der Waals surface area contributed by atoms with Crippen molar-refractivity contribution in [2.75, 3.05) is 0 Å². The Morgan fingerprint density at radius 1 is 1.45 bits per heavy atom. The van der Waals surface area contributed by atoms with Crippen molar-refractivity contribution in [2.45, 2.75) is 0 Å². The lowest BCUT2D eigenvalue weighted by molar-refractivity contribution is -0.122. The van der Waals surface area contributed by atoms with Crippen molar-refractivity contribution in [3.8, 4) is 0 Å². The van der Waals surface area contributed by atoms with Gasteiger partial charge in [-0.3, -0.25) is 9.59 Å². The number of nitrogens with zero attached hydrogens (tertiary/aromatic N) is 2. The molecule has 5 heteroatoms. The molecule has 5 nitrogen and oxygen atoms in total. The molecule has 0 aliphatic heterocycles. The third kappa shape index (κ3) is 6.10. The van der Waals surface area contributed by atoms with Crippen LogP contribution in [0, 0.1) is 0 Å². The molecule has 1 aromatic rings. The zero-order valence-electron chi connectivity index (χ0n) is 5.54. The lowest BCUT2D eigenvalue weighted by atomic mass is 10.6. The Morgan fingerprint density at radius 2 is 2.09 bits per heavy atom.